The summed E-state index contributed by atoms with van der Waals surface area (Å²) >= 11 is 0. The van der Waals surface area contributed by atoms with Crippen LogP contribution in [0, 0.1) is 0 Å². The van der Waals surface area contributed by atoms with Crippen LogP contribution in [-0.4, -0.2) is 50.5 Å². The van der Waals surface area contributed by atoms with E-state index in [1.165, 1.54) is 36.2 Å². The minimum absolute atomic E-state index is 0.0655. The number of benzene rings is 1. The van der Waals surface area contributed by atoms with Gasteiger partial charge in [0.05, 0.1) is 11.4 Å². The molecule has 0 saturated heterocycles. The molecular weight excluding hydrogens is 304 g/mol. The third kappa shape index (κ3) is 5.48. The number of nitrogens with one attached hydrogen (secondary N) is 1. The maximum atomic E-state index is 12.2. The van der Waals surface area contributed by atoms with Gasteiger partial charge in [0, 0.05) is 24.4 Å². The Balaban J connectivity index is 2.77. The molecule has 0 unspecified atom stereocenters. The molecule has 1 aromatic rings. The smallest absolute Gasteiger partial charge is 0.254 e. The zero-order chi connectivity index (χ0) is 17.1. The molecule has 0 aliphatic rings. The molecule has 22 heavy (non-hydrogen) atoms. The van der Waals surface area contributed by atoms with Gasteiger partial charge in [0.15, 0.2) is 9.84 Å². The normalized spacial score (nSPS) is 11.9. The predicted molar refractivity (Wildman–Crippen MR) is 84.4 cm³/mol. The van der Waals surface area contributed by atoms with Crippen LogP contribution in [0.1, 0.15) is 31.1 Å². The monoisotopic (exact) mass is 326 g/mol. The molecule has 0 bridgehead atoms. The molecule has 1 N–H and O–H groups in total. The zero-order valence-electron chi connectivity index (χ0n) is 13.5. The molecule has 0 atom stereocenters. The number of rotatable bonds is 4. The van der Waals surface area contributed by atoms with Crippen LogP contribution in [0.5, 0.6) is 0 Å². The molecule has 2 amide bonds. The first-order chi connectivity index (χ1) is 9.90. The van der Waals surface area contributed by atoms with Crippen LogP contribution in [0.3, 0.4) is 0 Å². The Morgan fingerprint density at radius 2 is 1.64 bits per heavy atom. The Labute approximate surface area is 131 Å². The average Bonchev–Trinajstić information content (AvgIpc) is 2.34. The summed E-state index contributed by atoms with van der Waals surface area (Å²) in [6.45, 7) is 5.51. The molecule has 0 fully saturated rings. The number of nitrogens with zero attached hydrogens (tertiary/aromatic N) is 1. The van der Waals surface area contributed by atoms with Gasteiger partial charge in [-0.1, -0.05) is 0 Å². The maximum Gasteiger partial charge on any atom is 0.254 e. The Kier molecular flexibility index (Phi) is 5.35. The Morgan fingerprint density at radius 1 is 1.14 bits per heavy atom. The van der Waals surface area contributed by atoms with Crippen molar-refractivity contribution in [3.63, 3.8) is 0 Å². The van der Waals surface area contributed by atoms with Crippen molar-refractivity contribution in [2.45, 2.75) is 31.2 Å². The van der Waals surface area contributed by atoms with Crippen LogP contribution in [0.4, 0.5) is 0 Å². The second kappa shape index (κ2) is 6.48. The Hall–Kier alpha value is -1.89. The van der Waals surface area contributed by atoms with Crippen molar-refractivity contribution in [1.82, 2.24) is 10.2 Å². The quantitative estimate of drug-likeness (QED) is 0.897. The third-order valence-electron chi connectivity index (χ3n) is 2.77. The van der Waals surface area contributed by atoms with E-state index in [1.54, 1.807) is 0 Å². The number of hydrogen-bond donors (Lipinski definition) is 1. The van der Waals surface area contributed by atoms with E-state index in [0.717, 1.165) is 6.26 Å². The molecule has 0 radical (unpaired) electrons. The van der Waals surface area contributed by atoms with Crippen LogP contribution in [-0.2, 0) is 14.6 Å². The summed E-state index contributed by atoms with van der Waals surface area (Å²) in [4.78, 5) is 25.4. The molecule has 0 aliphatic heterocycles. The van der Waals surface area contributed by atoms with Gasteiger partial charge in [0.2, 0.25) is 5.91 Å². The van der Waals surface area contributed by atoms with Crippen molar-refractivity contribution in [2.75, 3.05) is 19.8 Å². The second-order valence-electron chi connectivity index (χ2n) is 6.26. The molecule has 7 heteroatoms. The van der Waals surface area contributed by atoms with Gasteiger partial charge in [-0.15, -0.1) is 0 Å². The van der Waals surface area contributed by atoms with E-state index in [-0.39, 0.29) is 28.8 Å². The van der Waals surface area contributed by atoms with Gasteiger partial charge < -0.3 is 10.2 Å². The summed E-state index contributed by atoms with van der Waals surface area (Å²) in [6.07, 6.45) is 1.10. The van der Waals surface area contributed by atoms with Gasteiger partial charge in [-0.05, 0) is 45.0 Å². The second-order valence-corrected chi connectivity index (χ2v) is 8.27. The van der Waals surface area contributed by atoms with Gasteiger partial charge >= 0.3 is 0 Å². The predicted octanol–water partition coefficient (Wildman–Crippen LogP) is 1.08. The largest absolute Gasteiger partial charge is 0.350 e. The number of carbonyl (C=O) groups excluding carboxylic acids is 2. The average molecular weight is 326 g/mol. The summed E-state index contributed by atoms with van der Waals surface area (Å²) in [5.74, 6) is -0.597. The maximum absolute atomic E-state index is 12.2. The van der Waals surface area contributed by atoms with Gasteiger partial charge in [0.1, 0.15) is 0 Å². The lowest BCUT2D eigenvalue weighted by Gasteiger charge is -2.23. The number of carbonyl (C=O) groups is 2. The van der Waals surface area contributed by atoms with Crippen molar-refractivity contribution < 1.29 is 18.0 Å². The van der Waals surface area contributed by atoms with Gasteiger partial charge in [-0.3, -0.25) is 9.59 Å². The van der Waals surface area contributed by atoms with E-state index in [2.05, 4.69) is 5.32 Å². The summed E-state index contributed by atoms with van der Waals surface area (Å²) < 4.78 is 22.8. The Morgan fingerprint density at radius 3 is 2.05 bits per heavy atom. The summed E-state index contributed by atoms with van der Waals surface area (Å²) in [5.41, 5.74) is -0.0311. The topological polar surface area (TPSA) is 83.6 Å². The first kappa shape index (κ1) is 18.2. The molecule has 0 saturated carbocycles. The third-order valence-corrected chi connectivity index (χ3v) is 3.90. The van der Waals surface area contributed by atoms with Crippen molar-refractivity contribution in [2.24, 2.45) is 0 Å². The first-order valence-corrected chi connectivity index (χ1v) is 8.66. The van der Waals surface area contributed by atoms with E-state index in [4.69, 9.17) is 0 Å². The lowest BCUT2D eigenvalue weighted by molar-refractivity contribution is -0.122. The first-order valence-electron chi connectivity index (χ1n) is 6.77. The van der Waals surface area contributed by atoms with E-state index >= 15 is 0 Å². The highest BCUT2D eigenvalue weighted by Crippen LogP contribution is 2.11. The fourth-order valence-corrected chi connectivity index (χ4v) is 2.44. The molecule has 6 nitrogen and oxygen atoms in total. The van der Waals surface area contributed by atoms with Crippen LogP contribution in [0.15, 0.2) is 29.2 Å². The van der Waals surface area contributed by atoms with Crippen molar-refractivity contribution >= 4 is 21.7 Å². The molecule has 0 heterocycles. The molecular formula is C15H22N2O4S. The van der Waals surface area contributed by atoms with Gasteiger partial charge in [-0.2, -0.15) is 0 Å². The van der Waals surface area contributed by atoms with Crippen LogP contribution in [0.25, 0.3) is 0 Å². The van der Waals surface area contributed by atoms with Crippen LogP contribution in [0.2, 0.25) is 0 Å². The van der Waals surface area contributed by atoms with Crippen LogP contribution >= 0.6 is 0 Å². The molecule has 1 rings (SSSR count). The summed E-state index contributed by atoms with van der Waals surface area (Å²) in [6, 6.07) is 5.64. The zero-order valence-corrected chi connectivity index (χ0v) is 14.3. The van der Waals surface area contributed by atoms with Crippen LogP contribution < -0.4 is 5.32 Å². The number of likely N-dealkylation sites (N-methyl/N-ethyl adjacent to an activating group) is 1. The molecule has 0 aliphatic carbocycles. The summed E-state index contributed by atoms with van der Waals surface area (Å²) in [7, 11) is -1.77. The fourth-order valence-electron chi connectivity index (χ4n) is 1.81. The minimum atomic E-state index is -3.29. The number of hydrogen-bond acceptors (Lipinski definition) is 4. The highest BCUT2D eigenvalue weighted by Gasteiger charge is 2.19. The molecule has 0 aromatic heterocycles. The highest BCUT2D eigenvalue weighted by atomic mass is 32.2. The minimum Gasteiger partial charge on any atom is -0.350 e. The number of amides is 2. The van der Waals surface area contributed by atoms with E-state index in [1.807, 2.05) is 20.8 Å². The molecule has 0 spiro atoms. The van der Waals surface area contributed by atoms with Crippen molar-refractivity contribution in [1.29, 1.82) is 0 Å². The van der Waals surface area contributed by atoms with Gasteiger partial charge in [0.25, 0.3) is 5.91 Å². The van der Waals surface area contributed by atoms with E-state index in [0.29, 0.717) is 5.56 Å². The lowest BCUT2D eigenvalue weighted by atomic mass is 10.1. The fraction of sp³-hybridized carbons (Fsp3) is 0.467. The highest BCUT2D eigenvalue weighted by molar-refractivity contribution is 7.90. The van der Waals surface area contributed by atoms with E-state index in [9.17, 15) is 18.0 Å². The summed E-state index contributed by atoms with van der Waals surface area (Å²) in [5, 5.41) is 2.77. The van der Waals surface area contributed by atoms with Gasteiger partial charge in [-0.25, -0.2) is 8.42 Å². The van der Waals surface area contributed by atoms with E-state index < -0.39 is 9.84 Å². The standard InChI is InChI=1S/C15H22N2O4S/c1-15(2,3)16-13(18)10-17(4)14(19)11-6-8-12(9-7-11)22(5,20)21/h6-9H,10H2,1-5H3,(H,16,18). The molecule has 1 aromatic carbocycles. The Bertz CT molecular complexity index is 658. The van der Waals surface area contributed by atoms with Crippen molar-refractivity contribution in [3.8, 4) is 0 Å². The lowest BCUT2D eigenvalue weighted by Crippen LogP contribution is -2.46. The molecule has 122 valence electrons. The SMILES string of the molecule is CN(CC(=O)NC(C)(C)C)C(=O)c1ccc(S(C)(=O)=O)cc1. The van der Waals surface area contributed by atoms with Crippen molar-refractivity contribution in [3.05, 3.63) is 29.8 Å². The number of sulfone groups is 1.